The first-order chi connectivity index (χ1) is 13.2. The smallest absolute Gasteiger partial charge is 0.192 e. The first-order valence-corrected chi connectivity index (χ1v) is 15.2. The van der Waals surface area contributed by atoms with Gasteiger partial charge in [-0.2, -0.15) is 0 Å². The van der Waals surface area contributed by atoms with E-state index in [4.69, 9.17) is 9.16 Å². The van der Waals surface area contributed by atoms with E-state index in [1.54, 1.807) is 0 Å². The maximum absolute atomic E-state index is 12.1. The Morgan fingerprint density at radius 1 is 1.10 bits per heavy atom. The summed E-state index contributed by atoms with van der Waals surface area (Å²) in [5.74, 6) is 1.07. The van der Waals surface area contributed by atoms with Crippen LogP contribution in [0.2, 0.25) is 18.1 Å². The number of fused-ring (bicyclic) bond motifs is 1. The van der Waals surface area contributed by atoms with Gasteiger partial charge in [0.25, 0.3) is 0 Å². The minimum atomic E-state index is -1.92. The lowest BCUT2D eigenvalue weighted by molar-refractivity contribution is -0.455. The van der Waals surface area contributed by atoms with Crippen LogP contribution in [0.4, 0.5) is 0 Å². The molecule has 0 aromatic heterocycles. The van der Waals surface area contributed by atoms with Gasteiger partial charge in [-0.25, -0.2) is 0 Å². The first kappa shape index (κ1) is 22.3. The second-order valence-corrected chi connectivity index (χ2v) is 18.1. The van der Waals surface area contributed by atoms with Crippen LogP contribution in [0.1, 0.15) is 87.0 Å². The summed E-state index contributed by atoms with van der Waals surface area (Å²) in [5.41, 5.74) is -0.120. The maximum atomic E-state index is 12.1. The van der Waals surface area contributed by atoms with Gasteiger partial charge in [0, 0.05) is 11.8 Å². The molecule has 29 heavy (non-hydrogen) atoms. The molecule has 4 heteroatoms. The van der Waals surface area contributed by atoms with Crippen molar-refractivity contribution in [2.24, 2.45) is 35.0 Å². The third-order valence-electron chi connectivity index (χ3n) is 10.2. The van der Waals surface area contributed by atoms with E-state index in [9.17, 15) is 5.11 Å². The summed E-state index contributed by atoms with van der Waals surface area (Å²) in [4.78, 5) is 0. The highest BCUT2D eigenvalue weighted by atomic mass is 28.4. The van der Waals surface area contributed by atoms with Gasteiger partial charge in [0.2, 0.25) is 0 Å². The summed E-state index contributed by atoms with van der Waals surface area (Å²) in [6, 6.07) is 0. The van der Waals surface area contributed by atoms with E-state index >= 15 is 0 Å². The Morgan fingerprint density at radius 3 is 2.34 bits per heavy atom. The lowest BCUT2D eigenvalue weighted by Gasteiger charge is -2.75. The zero-order valence-corrected chi connectivity index (χ0v) is 21.5. The van der Waals surface area contributed by atoms with Crippen LogP contribution in [0.15, 0.2) is 0 Å². The van der Waals surface area contributed by atoms with Crippen LogP contribution in [-0.4, -0.2) is 30.9 Å². The van der Waals surface area contributed by atoms with Gasteiger partial charge in [-0.05, 0) is 73.4 Å². The van der Waals surface area contributed by atoms with Gasteiger partial charge in [0.1, 0.15) is 5.60 Å². The molecule has 0 unspecified atom stereocenters. The highest BCUT2D eigenvalue weighted by molar-refractivity contribution is 6.74. The van der Waals surface area contributed by atoms with Gasteiger partial charge >= 0.3 is 0 Å². The number of ether oxygens (including phenoxy) is 1. The van der Waals surface area contributed by atoms with Crippen LogP contribution in [0.5, 0.6) is 0 Å². The fraction of sp³-hybridized carbons (Fsp3) is 1.00. The number of aliphatic hydroxyl groups is 1. The van der Waals surface area contributed by atoms with Gasteiger partial charge in [0.15, 0.2) is 14.1 Å². The molecule has 0 radical (unpaired) electrons. The molecule has 3 aliphatic carbocycles. The molecule has 0 aromatic rings. The summed E-state index contributed by atoms with van der Waals surface area (Å²) in [5, 5.41) is 12.3. The molecular formula is C25H46O3Si. The van der Waals surface area contributed by atoms with Crippen LogP contribution >= 0.6 is 0 Å². The molecule has 1 spiro atoms. The monoisotopic (exact) mass is 422 g/mol. The Balaban J connectivity index is 1.79. The summed E-state index contributed by atoms with van der Waals surface area (Å²) in [6.45, 7) is 21.1. The van der Waals surface area contributed by atoms with Crippen molar-refractivity contribution in [2.45, 2.75) is 123 Å². The van der Waals surface area contributed by atoms with Crippen molar-refractivity contribution in [3.63, 3.8) is 0 Å². The lowest BCUT2D eigenvalue weighted by Crippen LogP contribution is -2.80. The normalized spacial score (nSPS) is 50.0. The molecule has 2 saturated heterocycles. The lowest BCUT2D eigenvalue weighted by atomic mass is 9.41. The predicted molar refractivity (Wildman–Crippen MR) is 121 cm³/mol. The summed E-state index contributed by atoms with van der Waals surface area (Å²) < 4.78 is 14.2. The SMILES string of the molecule is CC(C)[C@@H]1CC[C@]2(C)[C@H]3CC[C@H](C)C[C@@]34O[C@@]1(O)[C@H]2C[C@H]4O[Si](C)(C)C(C)(C)C. The van der Waals surface area contributed by atoms with E-state index in [2.05, 4.69) is 61.6 Å². The van der Waals surface area contributed by atoms with Crippen molar-refractivity contribution >= 4 is 8.32 Å². The minimum Gasteiger partial charge on any atom is -0.411 e. The van der Waals surface area contributed by atoms with Gasteiger partial charge in [-0.1, -0.05) is 54.9 Å². The van der Waals surface area contributed by atoms with Crippen LogP contribution in [0, 0.1) is 35.0 Å². The Morgan fingerprint density at radius 2 is 1.76 bits per heavy atom. The fourth-order valence-electron chi connectivity index (χ4n) is 7.70. The second kappa shape index (κ2) is 6.56. The predicted octanol–water partition coefficient (Wildman–Crippen LogP) is 6.36. The molecule has 8 atom stereocenters. The Labute approximate surface area is 180 Å². The molecule has 3 nitrogen and oxygen atoms in total. The number of rotatable bonds is 3. The molecule has 3 saturated carbocycles. The molecular weight excluding hydrogens is 376 g/mol. The molecule has 168 valence electrons. The molecule has 4 bridgehead atoms. The van der Waals surface area contributed by atoms with Crippen LogP contribution in [-0.2, 0) is 9.16 Å². The average Bonchev–Trinajstić information content (AvgIpc) is 2.53. The summed E-state index contributed by atoms with van der Waals surface area (Å²) in [7, 11) is -1.92. The van der Waals surface area contributed by atoms with Crippen LogP contribution in [0.25, 0.3) is 0 Å². The Bertz CT molecular complexity index is 655. The molecule has 5 aliphatic rings. The quantitative estimate of drug-likeness (QED) is 0.538. The highest BCUT2D eigenvalue weighted by Crippen LogP contribution is 2.72. The molecule has 0 amide bonds. The van der Waals surface area contributed by atoms with Gasteiger partial charge in [0.05, 0.1) is 6.10 Å². The molecule has 5 rings (SSSR count). The topological polar surface area (TPSA) is 38.7 Å². The van der Waals surface area contributed by atoms with Crippen molar-refractivity contribution in [3.05, 3.63) is 0 Å². The van der Waals surface area contributed by atoms with Crippen molar-refractivity contribution in [2.75, 3.05) is 0 Å². The van der Waals surface area contributed by atoms with E-state index < -0.39 is 14.1 Å². The van der Waals surface area contributed by atoms with Crippen LogP contribution < -0.4 is 0 Å². The molecule has 2 aliphatic heterocycles. The Hall–Kier alpha value is 0.0969. The van der Waals surface area contributed by atoms with E-state index in [1.165, 1.54) is 19.3 Å². The second-order valence-electron chi connectivity index (χ2n) is 13.3. The Kier molecular flexibility index (Phi) is 5.04. The van der Waals surface area contributed by atoms with Crippen molar-refractivity contribution in [1.82, 2.24) is 0 Å². The third-order valence-corrected chi connectivity index (χ3v) is 14.7. The maximum Gasteiger partial charge on any atom is 0.192 e. The molecule has 0 aromatic carbocycles. The van der Waals surface area contributed by atoms with E-state index in [1.807, 2.05) is 0 Å². The minimum absolute atomic E-state index is 0.139. The average molecular weight is 423 g/mol. The standard InChI is InChI=1S/C25H46O3Si/c1-16(2)18-12-13-23(7)19-11-10-17(3)15-24(19)21(14-20(23)25(18,26)28-24)27-29(8,9)22(4,5)6/h16-21,26H,10-15H2,1-9H3/t17-,18-,19+,20-,21+,23+,24+,25+/m0/s1. The molecule has 1 N–H and O–H groups in total. The van der Waals surface area contributed by atoms with Crippen molar-refractivity contribution < 1.29 is 14.3 Å². The van der Waals surface area contributed by atoms with Gasteiger partial charge in [-0.15, -0.1) is 0 Å². The summed E-state index contributed by atoms with van der Waals surface area (Å²) in [6.07, 6.45) is 7.01. The number of hydrogen-bond donors (Lipinski definition) is 1. The zero-order valence-electron chi connectivity index (χ0n) is 20.5. The first-order valence-electron chi connectivity index (χ1n) is 12.3. The van der Waals surface area contributed by atoms with Crippen molar-refractivity contribution in [3.8, 4) is 0 Å². The van der Waals surface area contributed by atoms with Crippen molar-refractivity contribution in [1.29, 1.82) is 0 Å². The molecule has 2 heterocycles. The van der Waals surface area contributed by atoms with E-state index in [0.717, 1.165) is 19.3 Å². The number of hydrogen-bond acceptors (Lipinski definition) is 3. The van der Waals surface area contributed by atoms with Gasteiger partial charge in [-0.3, -0.25) is 0 Å². The van der Waals surface area contributed by atoms with E-state index in [0.29, 0.717) is 17.8 Å². The van der Waals surface area contributed by atoms with Gasteiger partial charge < -0.3 is 14.3 Å². The fourth-order valence-corrected chi connectivity index (χ4v) is 9.06. The van der Waals surface area contributed by atoms with E-state index in [-0.39, 0.29) is 34.0 Å². The highest BCUT2D eigenvalue weighted by Gasteiger charge is 2.76. The van der Waals surface area contributed by atoms with Crippen LogP contribution in [0.3, 0.4) is 0 Å². The third kappa shape index (κ3) is 2.98. The largest absolute Gasteiger partial charge is 0.411 e. The molecule has 5 fully saturated rings. The zero-order chi connectivity index (χ0) is 21.6. The summed E-state index contributed by atoms with van der Waals surface area (Å²) >= 11 is 0.